The summed E-state index contributed by atoms with van der Waals surface area (Å²) in [6.45, 7) is 2.03. The Kier molecular flexibility index (Phi) is 5.25. The van der Waals surface area contributed by atoms with Gasteiger partial charge in [0.2, 0.25) is 5.82 Å². The summed E-state index contributed by atoms with van der Waals surface area (Å²) in [6, 6.07) is 17.1. The molecule has 0 saturated heterocycles. The summed E-state index contributed by atoms with van der Waals surface area (Å²) < 4.78 is 0. The third-order valence-corrected chi connectivity index (χ3v) is 4.58. The van der Waals surface area contributed by atoms with Gasteiger partial charge in [-0.05, 0) is 30.2 Å². The monoisotopic (exact) mass is 352 g/mol. The number of nitrogens with zero attached hydrogens (tertiary/aromatic N) is 3. The SMILES string of the molecule is CCc1ccccc1Nc1ncnc(Sc2ccccc2)c1[N+](=O)[O-]. The lowest BCUT2D eigenvalue weighted by Gasteiger charge is -2.11. The number of aryl methyl sites for hydroxylation is 1. The Morgan fingerprint density at radius 3 is 2.52 bits per heavy atom. The van der Waals surface area contributed by atoms with E-state index in [4.69, 9.17) is 0 Å². The first kappa shape index (κ1) is 16.9. The van der Waals surface area contributed by atoms with Gasteiger partial charge in [0.1, 0.15) is 6.33 Å². The van der Waals surface area contributed by atoms with E-state index in [9.17, 15) is 10.1 Å². The summed E-state index contributed by atoms with van der Waals surface area (Å²) in [5, 5.41) is 15.1. The van der Waals surface area contributed by atoms with Crippen molar-refractivity contribution < 1.29 is 4.92 Å². The minimum Gasteiger partial charge on any atom is -0.334 e. The van der Waals surface area contributed by atoms with Crippen LogP contribution in [0, 0.1) is 10.1 Å². The molecule has 126 valence electrons. The standard InChI is InChI=1S/C18H16N4O2S/c1-2-13-8-6-7-11-15(13)21-17-16(22(23)24)18(20-12-19-17)25-14-9-4-3-5-10-14/h3-12H,2H2,1H3,(H,19,20,21). The number of rotatable bonds is 6. The molecule has 0 aliphatic carbocycles. The summed E-state index contributed by atoms with van der Waals surface area (Å²) in [7, 11) is 0. The van der Waals surface area contributed by atoms with Crippen molar-refractivity contribution in [1.82, 2.24) is 9.97 Å². The molecule has 0 radical (unpaired) electrons. The van der Waals surface area contributed by atoms with Crippen LogP contribution < -0.4 is 5.32 Å². The summed E-state index contributed by atoms with van der Waals surface area (Å²) in [5.74, 6) is 0.194. The van der Waals surface area contributed by atoms with Crippen LogP contribution in [0.25, 0.3) is 0 Å². The molecule has 25 heavy (non-hydrogen) atoms. The second kappa shape index (κ2) is 7.76. The first-order chi connectivity index (χ1) is 12.2. The quantitative estimate of drug-likeness (QED) is 0.388. The molecule has 0 spiro atoms. The topological polar surface area (TPSA) is 81.0 Å². The summed E-state index contributed by atoms with van der Waals surface area (Å²) in [4.78, 5) is 20.3. The van der Waals surface area contributed by atoms with Crippen molar-refractivity contribution in [2.45, 2.75) is 23.3 Å². The average Bonchev–Trinajstić information content (AvgIpc) is 2.63. The maximum atomic E-state index is 11.6. The van der Waals surface area contributed by atoms with Crippen molar-refractivity contribution in [1.29, 1.82) is 0 Å². The summed E-state index contributed by atoms with van der Waals surface area (Å²) in [5.41, 5.74) is 1.75. The highest BCUT2D eigenvalue weighted by molar-refractivity contribution is 7.99. The van der Waals surface area contributed by atoms with Crippen LogP contribution in [-0.2, 0) is 6.42 Å². The third-order valence-electron chi connectivity index (χ3n) is 3.58. The number of aromatic nitrogens is 2. The van der Waals surface area contributed by atoms with Crippen molar-refractivity contribution >= 4 is 29.0 Å². The maximum Gasteiger partial charge on any atom is 0.343 e. The molecule has 0 fully saturated rings. The summed E-state index contributed by atoms with van der Waals surface area (Å²) >= 11 is 1.24. The molecular weight excluding hydrogens is 336 g/mol. The van der Waals surface area contributed by atoms with Gasteiger partial charge in [-0.15, -0.1) is 0 Å². The van der Waals surface area contributed by atoms with Gasteiger partial charge in [-0.2, -0.15) is 0 Å². The van der Waals surface area contributed by atoms with Crippen molar-refractivity contribution in [2.24, 2.45) is 0 Å². The molecule has 2 aromatic carbocycles. The lowest BCUT2D eigenvalue weighted by molar-refractivity contribution is -0.387. The lowest BCUT2D eigenvalue weighted by atomic mass is 10.1. The molecule has 7 heteroatoms. The molecule has 0 unspecified atom stereocenters. The molecule has 6 nitrogen and oxygen atoms in total. The zero-order valence-electron chi connectivity index (χ0n) is 13.5. The Morgan fingerprint density at radius 1 is 1.08 bits per heavy atom. The maximum absolute atomic E-state index is 11.6. The predicted molar refractivity (Wildman–Crippen MR) is 98.4 cm³/mol. The van der Waals surface area contributed by atoms with Crippen LogP contribution in [-0.4, -0.2) is 14.9 Å². The number of hydrogen-bond acceptors (Lipinski definition) is 6. The predicted octanol–water partition coefficient (Wildman–Crippen LogP) is 4.84. The largest absolute Gasteiger partial charge is 0.343 e. The van der Waals surface area contributed by atoms with Gasteiger partial charge < -0.3 is 5.32 Å². The van der Waals surface area contributed by atoms with Crippen LogP contribution in [0.3, 0.4) is 0 Å². The second-order valence-corrected chi connectivity index (χ2v) is 6.25. The van der Waals surface area contributed by atoms with Gasteiger partial charge in [-0.1, -0.05) is 55.1 Å². The van der Waals surface area contributed by atoms with E-state index in [1.165, 1.54) is 18.1 Å². The fourth-order valence-electron chi connectivity index (χ4n) is 2.37. The lowest BCUT2D eigenvalue weighted by Crippen LogP contribution is -2.04. The van der Waals surface area contributed by atoms with Crippen LogP contribution in [0.15, 0.2) is 70.8 Å². The van der Waals surface area contributed by atoms with Gasteiger partial charge in [0.05, 0.1) is 4.92 Å². The van der Waals surface area contributed by atoms with Gasteiger partial charge in [0.15, 0.2) is 5.03 Å². The number of nitrogens with one attached hydrogen (secondary N) is 1. The zero-order valence-corrected chi connectivity index (χ0v) is 14.4. The van der Waals surface area contributed by atoms with E-state index in [1.807, 2.05) is 61.5 Å². The van der Waals surface area contributed by atoms with E-state index >= 15 is 0 Å². The number of anilines is 2. The Hall–Kier alpha value is -2.93. The normalized spacial score (nSPS) is 10.4. The van der Waals surface area contributed by atoms with Crippen LogP contribution in [0.5, 0.6) is 0 Å². The number of benzene rings is 2. The van der Waals surface area contributed by atoms with E-state index in [0.29, 0.717) is 5.03 Å². The van der Waals surface area contributed by atoms with E-state index in [0.717, 1.165) is 22.6 Å². The Labute approximate surface area is 149 Å². The molecule has 0 bridgehead atoms. The van der Waals surface area contributed by atoms with Crippen molar-refractivity contribution in [2.75, 3.05) is 5.32 Å². The number of nitro groups is 1. The smallest absolute Gasteiger partial charge is 0.334 e. The minimum absolute atomic E-state index is 0.123. The van der Waals surface area contributed by atoms with Gasteiger partial charge in [-0.3, -0.25) is 10.1 Å². The summed E-state index contributed by atoms with van der Waals surface area (Å²) in [6.07, 6.45) is 2.16. The van der Waals surface area contributed by atoms with E-state index in [-0.39, 0.29) is 11.5 Å². The van der Waals surface area contributed by atoms with Crippen molar-refractivity contribution in [3.8, 4) is 0 Å². The van der Waals surface area contributed by atoms with Crippen LogP contribution in [0.4, 0.5) is 17.2 Å². The highest BCUT2D eigenvalue weighted by Crippen LogP contribution is 2.37. The first-order valence-corrected chi connectivity index (χ1v) is 8.58. The minimum atomic E-state index is -0.442. The Morgan fingerprint density at radius 2 is 1.80 bits per heavy atom. The first-order valence-electron chi connectivity index (χ1n) is 7.76. The molecular formula is C18H16N4O2S. The Bertz CT molecular complexity index is 887. The Balaban J connectivity index is 1.99. The van der Waals surface area contributed by atoms with Crippen molar-refractivity contribution in [3.63, 3.8) is 0 Å². The number of hydrogen-bond donors (Lipinski definition) is 1. The van der Waals surface area contributed by atoms with Gasteiger partial charge >= 0.3 is 5.69 Å². The molecule has 1 N–H and O–H groups in total. The highest BCUT2D eigenvalue weighted by atomic mass is 32.2. The molecule has 0 amide bonds. The average molecular weight is 352 g/mol. The second-order valence-electron chi connectivity index (χ2n) is 5.18. The third kappa shape index (κ3) is 3.95. The molecule has 1 heterocycles. The fraction of sp³-hybridized carbons (Fsp3) is 0.111. The van der Waals surface area contributed by atoms with Crippen LogP contribution in [0.2, 0.25) is 0 Å². The molecule has 0 aliphatic heterocycles. The molecule has 0 saturated carbocycles. The molecule has 1 aromatic heterocycles. The van der Waals surface area contributed by atoms with Gasteiger partial charge in [0.25, 0.3) is 0 Å². The van der Waals surface area contributed by atoms with Crippen molar-refractivity contribution in [3.05, 3.63) is 76.6 Å². The molecule has 0 aliphatic rings. The van der Waals surface area contributed by atoms with E-state index in [1.54, 1.807) is 0 Å². The number of para-hydroxylation sites is 1. The van der Waals surface area contributed by atoms with Crippen LogP contribution >= 0.6 is 11.8 Å². The van der Waals surface area contributed by atoms with Gasteiger partial charge in [0, 0.05) is 10.6 Å². The van der Waals surface area contributed by atoms with E-state index < -0.39 is 4.92 Å². The van der Waals surface area contributed by atoms with Gasteiger partial charge in [-0.25, -0.2) is 9.97 Å². The molecule has 3 aromatic rings. The highest BCUT2D eigenvalue weighted by Gasteiger charge is 2.24. The van der Waals surface area contributed by atoms with E-state index in [2.05, 4.69) is 15.3 Å². The molecule has 0 atom stereocenters. The molecule has 3 rings (SSSR count). The zero-order chi connectivity index (χ0) is 17.6. The van der Waals surface area contributed by atoms with Crippen LogP contribution in [0.1, 0.15) is 12.5 Å². The fourth-order valence-corrected chi connectivity index (χ4v) is 3.26.